The predicted octanol–water partition coefficient (Wildman–Crippen LogP) is 3.51. The summed E-state index contributed by atoms with van der Waals surface area (Å²) in [6.45, 7) is 3.35. The molecule has 0 saturated carbocycles. The van der Waals surface area contributed by atoms with Crippen LogP contribution < -0.4 is 5.32 Å². The quantitative estimate of drug-likeness (QED) is 0.865. The largest absolute Gasteiger partial charge is 0.313 e. The topological polar surface area (TPSA) is 24.9 Å². The van der Waals surface area contributed by atoms with Crippen molar-refractivity contribution in [2.45, 2.75) is 32.2 Å². The summed E-state index contributed by atoms with van der Waals surface area (Å²) in [5, 5.41) is 3.72. The summed E-state index contributed by atoms with van der Waals surface area (Å²) in [7, 11) is 0. The van der Waals surface area contributed by atoms with Gasteiger partial charge in [-0.2, -0.15) is 11.8 Å². The Morgan fingerprint density at radius 2 is 2.44 bits per heavy atom. The third kappa shape index (κ3) is 4.25. The van der Waals surface area contributed by atoms with E-state index in [0.717, 1.165) is 23.4 Å². The van der Waals surface area contributed by atoms with Crippen LogP contribution in [-0.4, -0.2) is 29.1 Å². The van der Waals surface area contributed by atoms with Crippen LogP contribution in [0.4, 0.5) is 0 Å². The Bertz CT molecular complexity index is 367. The maximum Gasteiger partial charge on any atom is 0.0410 e. The molecule has 18 heavy (non-hydrogen) atoms. The lowest BCUT2D eigenvalue weighted by Crippen LogP contribution is -2.38. The molecule has 1 aromatic heterocycles. The number of thioether (sulfide) groups is 1. The Labute approximate surface area is 122 Å². The molecule has 2 rings (SSSR count). The molecule has 1 fully saturated rings. The first-order chi connectivity index (χ1) is 8.79. The van der Waals surface area contributed by atoms with E-state index in [-0.39, 0.29) is 0 Å². The van der Waals surface area contributed by atoms with E-state index in [1.165, 1.54) is 29.9 Å². The van der Waals surface area contributed by atoms with E-state index < -0.39 is 0 Å². The van der Waals surface area contributed by atoms with Crippen molar-refractivity contribution in [2.24, 2.45) is 5.92 Å². The van der Waals surface area contributed by atoms with Crippen molar-refractivity contribution in [1.29, 1.82) is 0 Å². The van der Waals surface area contributed by atoms with E-state index >= 15 is 0 Å². The predicted molar refractivity (Wildman–Crippen MR) is 83.2 cm³/mol. The third-order valence-corrected chi connectivity index (χ3v) is 5.03. The molecule has 0 aliphatic carbocycles. The number of nitrogens with zero attached hydrogens (tertiary/aromatic N) is 1. The summed E-state index contributed by atoms with van der Waals surface area (Å²) in [6, 6.07) is 2.80. The average Bonchev–Trinajstić information content (AvgIpc) is 2.88. The molecule has 1 aliphatic rings. The van der Waals surface area contributed by atoms with Gasteiger partial charge < -0.3 is 5.32 Å². The lowest BCUT2D eigenvalue weighted by Gasteiger charge is -2.24. The number of nitrogens with one attached hydrogen (secondary N) is 1. The van der Waals surface area contributed by atoms with Crippen LogP contribution in [-0.2, 0) is 6.42 Å². The van der Waals surface area contributed by atoms with Gasteiger partial charge in [-0.1, -0.05) is 6.92 Å². The molecule has 2 nitrogen and oxygen atoms in total. The molecule has 100 valence electrons. The summed E-state index contributed by atoms with van der Waals surface area (Å²) < 4.78 is 1.08. The van der Waals surface area contributed by atoms with Gasteiger partial charge in [0.05, 0.1) is 0 Å². The van der Waals surface area contributed by atoms with Gasteiger partial charge in [-0.3, -0.25) is 4.98 Å². The highest BCUT2D eigenvalue weighted by atomic mass is 79.9. The smallest absolute Gasteiger partial charge is 0.0410 e. The Balaban J connectivity index is 1.99. The summed E-state index contributed by atoms with van der Waals surface area (Å²) in [5.41, 5.74) is 1.33. The van der Waals surface area contributed by atoms with E-state index in [4.69, 9.17) is 0 Å². The number of hydrogen-bond acceptors (Lipinski definition) is 3. The van der Waals surface area contributed by atoms with Gasteiger partial charge in [0.15, 0.2) is 0 Å². The highest BCUT2D eigenvalue weighted by Crippen LogP contribution is 2.28. The molecule has 0 aromatic carbocycles. The van der Waals surface area contributed by atoms with Crippen LogP contribution in [0.15, 0.2) is 22.9 Å². The second kappa shape index (κ2) is 7.51. The molecule has 0 bridgehead atoms. The lowest BCUT2D eigenvalue weighted by molar-refractivity contribution is 0.380. The summed E-state index contributed by atoms with van der Waals surface area (Å²) >= 11 is 5.59. The fourth-order valence-corrected chi connectivity index (χ4v) is 4.18. The molecule has 2 atom stereocenters. The van der Waals surface area contributed by atoms with Crippen molar-refractivity contribution in [3.05, 3.63) is 28.5 Å². The highest BCUT2D eigenvalue weighted by Gasteiger charge is 2.25. The SMILES string of the molecule is CCCNC(Cc1cncc(Br)c1)C1CCSC1. The third-order valence-electron chi connectivity index (χ3n) is 3.41. The molecular formula is C14H21BrN2S. The molecule has 0 amide bonds. The monoisotopic (exact) mass is 328 g/mol. The van der Waals surface area contributed by atoms with Crippen molar-refractivity contribution in [2.75, 3.05) is 18.1 Å². The van der Waals surface area contributed by atoms with Crippen molar-refractivity contribution < 1.29 is 0 Å². The number of pyridine rings is 1. The van der Waals surface area contributed by atoms with Crippen LogP contribution in [0.3, 0.4) is 0 Å². The van der Waals surface area contributed by atoms with Gasteiger partial charge in [-0.15, -0.1) is 0 Å². The lowest BCUT2D eigenvalue weighted by atomic mass is 9.93. The number of halogens is 1. The molecule has 1 N–H and O–H groups in total. The average molecular weight is 329 g/mol. The van der Waals surface area contributed by atoms with E-state index in [2.05, 4.69) is 51.0 Å². The molecule has 2 unspecified atom stereocenters. The van der Waals surface area contributed by atoms with Crippen LogP contribution in [0, 0.1) is 5.92 Å². The molecular weight excluding hydrogens is 308 g/mol. The minimum absolute atomic E-state index is 0.607. The molecule has 2 heterocycles. The Morgan fingerprint density at radius 3 is 3.11 bits per heavy atom. The molecule has 4 heteroatoms. The van der Waals surface area contributed by atoms with Crippen molar-refractivity contribution >= 4 is 27.7 Å². The van der Waals surface area contributed by atoms with Crippen molar-refractivity contribution in [1.82, 2.24) is 10.3 Å². The van der Waals surface area contributed by atoms with E-state index in [1.54, 1.807) is 0 Å². The van der Waals surface area contributed by atoms with Gasteiger partial charge in [0, 0.05) is 22.9 Å². The standard InChI is InChI=1S/C14H21BrN2S/c1-2-4-17-14(12-3-5-18-10-12)7-11-6-13(15)9-16-8-11/h6,8-9,12,14,17H,2-5,7,10H2,1H3. The molecule has 0 radical (unpaired) electrons. The molecule has 1 saturated heterocycles. The first-order valence-electron chi connectivity index (χ1n) is 6.70. The van der Waals surface area contributed by atoms with Gasteiger partial charge in [-0.05, 0) is 70.8 Å². The molecule has 1 aliphatic heterocycles. The number of rotatable bonds is 6. The molecule has 0 spiro atoms. The van der Waals surface area contributed by atoms with Gasteiger partial charge in [0.1, 0.15) is 0 Å². The number of hydrogen-bond donors (Lipinski definition) is 1. The number of aromatic nitrogens is 1. The second-order valence-electron chi connectivity index (χ2n) is 4.90. The van der Waals surface area contributed by atoms with Gasteiger partial charge in [0.2, 0.25) is 0 Å². The second-order valence-corrected chi connectivity index (χ2v) is 6.97. The highest BCUT2D eigenvalue weighted by molar-refractivity contribution is 9.10. The van der Waals surface area contributed by atoms with Crippen molar-refractivity contribution in [3.8, 4) is 0 Å². The van der Waals surface area contributed by atoms with Crippen LogP contribution in [0.1, 0.15) is 25.3 Å². The van der Waals surface area contributed by atoms with Crippen LogP contribution in [0.2, 0.25) is 0 Å². The maximum absolute atomic E-state index is 4.26. The maximum atomic E-state index is 4.26. The van der Waals surface area contributed by atoms with Crippen LogP contribution in [0.5, 0.6) is 0 Å². The Morgan fingerprint density at radius 1 is 1.56 bits per heavy atom. The van der Waals surface area contributed by atoms with Crippen molar-refractivity contribution in [3.63, 3.8) is 0 Å². The van der Waals surface area contributed by atoms with Gasteiger partial charge >= 0.3 is 0 Å². The van der Waals surface area contributed by atoms with Crippen LogP contribution in [0.25, 0.3) is 0 Å². The first kappa shape index (κ1) is 14.4. The normalized spacial score (nSPS) is 21.1. The summed E-state index contributed by atoms with van der Waals surface area (Å²) in [5.74, 6) is 3.45. The Kier molecular flexibility index (Phi) is 5.99. The zero-order valence-corrected chi connectivity index (χ0v) is 13.3. The minimum atomic E-state index is 0.607. The Hall–Kier alpha value is -0.0600. The summed E-state index contributed by atoms with van der Waals surface area (Å²) in [4.78, 5) is 4.26. The zero-order chi connectivity index (χ0) is 12.8. The van der Waals surface area contributed by atoms with Gasteiger partial charge in [-0.25, -0.2) is 0 Å². The fourth-order valence-electron chi connectivity index (χ4n) is 2.43. The van der Waals surface area contributed by atoms with E-state index in [9.17, 15) is 0 Å². The van der Waals surface area contributed by atoms with Gasteiger partial charge in [0.25, 0.3) is 0 Å². The summed E-state index contributed by atoms with van der Waals surface area (Å²) in [6.07, 6.45) is 7.50. The van der Waals surface area contributed by atoms with Crippen LogP contribution >= 0.6 is 27.7 Å². The van der Waals surface area contributed by atoms with E-state index in [1.807, 2.05) is 12.4 Å². The molecule has 1 aromatic rings. The minimum Gasteiger partial charge on any atom is -0.313 e. The first-order valence-corrected chi connectivity index (χ1v) is 8.65. The zero-order valence-electron chi connectivity index (χ0n) is 10.9. The fraction of sp³-hybridized carbons (Fsp3) is 0.643. The van der Waals surface area contributed by atoms with E-state index in [0.29, 0.717) is 6.04 Å².